The molecule has 136 valence electrons. The molecule has 0 radical (unpaired) electrons. The van der Waals surface area contributed by atoms with Gasteiger partial charge in [0.25, 0.3) is 0 Å². The maximum absolute atomic E-state index is 13.7. The number of carbonyl (C=O) groups excluding carboxylic acids is 2. The number of anilines is 2. The number of carbonyl (C=O) groups is 2. The minimum absolute atomic E-state index is 0.0522. The minimum Gasteiger partial charge on any atom is -0.370 e. The molecule has 2 amide bonds. The van der Waals surface area contributed by atoms with E-state index in [1.807, 2.05) is 0 Å². The Balaban J connectivity index is 1.68. The molecule has 0 bridgehead atoms. The van der Waals surface area contributed by atoms with E-state index in [0.29, 0.717) is 31.6 Å². The zero-order valence-electron chi connectivity index (χ0n) is 14.8. The van der Waals surface area contributed by atoms with Crippen molar-refractivity contribution >= 4 is 23.2 Å². The second kappa shape index (κ2) is 7.85. The normalized spacial score (nSPS) is 19.0. The van der Waals surface area contributed by atoms with Gasteiger partial charge >= 0.3 is 0 Å². The van der Waals surface area contributed by atoms with Gasteiger partial charge in [-0.2, -0.15) is 0 Å². The van der Waals surface area contributed by atoms with Crippen LogP contribution in [0.5, 0.6) is 0 Å². The summed E-state index contributed by atoms with van der Waals surface area (Å²) in [5.41, 5.74) is 1.46. The van der Waals surface area contributed by atoms with Crippen LogP contribution in [0, 0.1) is 11.7 Å². The number of benzene rings is 1. The van der Waals surface area contributed by atoms with E-state index in [1.165, 1.54) is 18.6 Å². The summed E-state index contributed by atoms with van der Waals surface area (Å²) < 4.78 is 13.7. The molecular formula is C19H26FN3O2. The van der Waals surface area contributed by atoms with Gasteiger partial charge in [-0.05, 0) is 50.3 Å². The number of nitrogens with zero attached hydrogens (tertiary/aromatic N) is 2. The average Bonchev–Trinajstić information content (AvgIpc) is 2.62. The lowest BCUT2D eigenvalue weighted by atomic mass is 9.95. The largest absolute Gasteiger partial charge is 0.370 e. The summed E-state index contributed by atoms with van der Waals surface area (Å²) in [5.74, 6) is -0.501. The molecule has 6 heteroatoms. The number of hydrogen-bond donors (Lipinski definition) is 1. The van der Waals surface area contributed by atoms with Crippen LogP contribution in [0.15, 0.2) is 18.2 Å². The summed E-state index contributed by atoms with van der Waals surface area (Å²) in [7, 11) is 0. The van der Waals surface area contributed by atoms with Crippen LogP contribution >= 0.6 is 0 Å². The molecule has 2 fully saturated rings. The Hall–Kier alpha value is -2.11. The lowest BCUT2D eigenvalue weighted by Gasteiger charge is -2.32. The first-order valence-corrected chi connectivity index (χ1v) is 9.15. The summed E-state index contributed by atoms with van der Waals surface area (Å²) in [6.07, 6.45) is 4.76. The Labute approximate surface area is 148 Å². The zero-order chi connectivity index (χ0) is 17.8. The van der Waals surface area contributed by atoms with E-state index in [2.05, 4.69) is 10.2 Å². The monoisotopic (exact) mass is 347 g/mol. The molecule has 0 unspecified atom stereocenters. The van der Waals surface area contributed by atoms with E-state index >= 15 is 0 Å². The van der Waals surface area contributed by atoms with Gasteiger partial charge in [-0.15, -0.1) is 0 Å². The number of nitrogens with one attached hydrogen (secondary N) is 1. The van der Waals surface area contributed by atoms with Crippen LogP contribution in [0.25, 0.3) is 0 Å². The number of likely N-dealkylation sites (tertiary alicyclic amines) is 1. The van der Waals surface area contributed by atoms with Crippen molar-refractivity contribution in [1.82, 2.24) is 4.90 Å². The van der Waals surface area contributed by atoms with E-state index in [4.69, 9.17) is 0 Å². The van der Waals surface area contributed by atoms with Gasteiger partial charge < -0.3 is 15.1 Å². The number of piperidine rings is 2. The number of halogens is 1. The Morgan fingerprint density at radius 1 is 1.08 bits per heavy atom. The van der Waals surface area contributed by atoms with Crippen molar-refractivity contribution in [2.24, 2.45) is 5.92 Å². The van der Waals surface area contributed by atoms with Gasteiger partial charge in [0.15, 0.2) is 0 Å². The number of hydrogen-bond acceptors (Lipinski definition) is 3. The van der Waals surface area contributed by atoms with Crippen LogP contribution in [0.2, 0.25) is 0 Å². The van der Waals surface area contributed by atoms with Gasteiger partial charge in [0.1, 0.15) is 5.82 Å². The molecule has 0 aliphatic carbocycles. The molecule has 1 aromatic carbocycles. The summed E-state index contributed by atoms with van der Waals surface area (Å²) in [6, 6.07) is 4.62. The average molecular weight is 347 g/mol. The first-order chi connectivity index (χ1) is 12.0. The first-order valence-electron chi connectivity index (χ1n) is 9.15. The molecule has 1 N–H and O–H groups in total. The van der Waals surface area contributed by atoms with Gasteiger partial charge in [-0.1, -0.05) is 0 Å². The Bertz CT molecular complexity index is 636. The second-order valence-corrected chi connectivity index (χ2v) is 6.98. The van der Waals surface area contributed by atoms with Crippen molar-refractivity contribution in [1.29, 1.82) is 0 Å². The summed E-state index contributed by atoms with van der Waals surface area (Å²) in [4.78, 5) is 28.0. The molecular weight excluding hydrogens is 321 g/mol. The summed E-state index contributed by atoms with van der Waals surface area (Å²) in [5, 5.41) is 2.94. The van der Waals surface area contributed by atoms with E-state index in [1.54, 1.807) is 17.9 Å². The maximum Gasteiger partial charge on any atom is 0.227 e. The number of rotatable bonds is 3. The highest BCUT2D eigenvalue weighted by atomic mass is 19.1. The predicted molar refractivity (Wildman–Crippen MR) is 96.1 cm³/mol. The van der Waals surface area contributed by atoms with Crippen LogP contribution in [0.1, 0.15) is 39.0 Å². The highest BCUT2D eigenvalue weighted by molar-refractivity contribution is 5.96. The summed E-state index contributed by atoms with van der Waals surface area (Å²) in [6.45, 7) is 4.64. The standard InChI is InChI=1S/C19H26FN3O2/c1-14(24)22-11-7-15(8-12-22)19(25)21-17-13-16(20)5-6-18(17)23-9-3-2-4-10-23/h5-6,13,15H,2-4,7-12H2,1H3,(H,21,25). The van der Waals surface area contributed by atoms with E-state index in [0.717, 1.165) is 31.6 Å². The fraction of sp³-hybridized carbons (Fsp3) is 0.579. The third-order valence-electron chi connectivity index (χ3n) is 5.22. The van der Waals surface area contributed by atoms with E-state index in [-0.39, 0.29) is 23.5 Å². The third-order valence-corrected chi connectivity index (χ3v) is 5.22. The molecule has 5 nitrogen and oxygen atoms in total. The molecule has 2 aliphatic heterocycles. The molecule has 25 heavy (non-hydrogen) atoms. The van der Waals surface area contributed by atoms with Crippen LogP contribution in [0.4, 0.5) is 15.8 Å². The van der Waals surface area contributed by atoms with Gasteiger partial charge in [-0.25, -0.2) is 4.39 Å². The fourth-order valence-corrected chi connectivity index (χ4v) is 3.71. The van der Waals surface area contributed by atoms with Crippen molar-refractivity contribution in [2.45, 2.75) is 39.0 Å². The SMILES string of the molecule is CC(=O)N1CCC(C(=O)Nc2cc(F)ccc2N2CCCCC2)CC1. The third kappa shape index (κ3) is 4.30. The highest BCUT2D eigenvalue weighted by Crippen LogP contribution is 2.30. The van der Waals surface area contributed by atoms with E-state index in [9.17, 15) is 14.0 Å². The Morgan fingerprint density at radius 3 is 2.40 bits per heavy atom. The van der Waals surface area contributed by atoms with E-state index < -0.39 is 0 Å². The Kier molecular flexibility index (Phi) is 5.56. The molecule has 0 spiro atoms. The highest BCUT2D eigenvalue weighted by Gasteiger charge is 2.27. The first kappa shape index (κ1) is 17.7. The van der Waals surface area contributed by atoms with Gasteiger partial charge in [0, 0.05) is 39.0 Å². The van der Waals surface area contributed by atoms with Crippen LogP contribution in [-0.4, -0.2) is 42.9 Å². The van der Waals surface area contributed by atoms with Crippen molar-refractivity contribution in [3.05, 3.63) is 24.0 Å². The molecule has 0 saturated carbocycles. The molecule has 0 aromatic heterocycles. The molecule has 2 saturated heterocycles. The van der Waals surface area contributed by atoms with Crippen molar-refractivity contribution in [3.8, 4) is 0 Å². The summed E-state index contributed by atoms with van der Waals surface area (Å²) >= 11 is 0. The zero-order valence-corrected chi connectivity index (χ0v) is 14.8. The van der Waals surface area contributed by atoms with Gasteiger partial charge in [-0.3, -0.25) is 9.59 Å². The van der Waals surface area contributed by atoms with Crippen molar-refractivity contribution in [3.63, 3.8) is 0 Å². The second-order valence-electron chi connectivity index (χ2n) is 6.98. The molecule has 0 atom stereocenters. The quantitative estimate of drug-likeness (QED) is 0.914. The topological polar surface area (TPSA) is 52.7 Å². The fourth-order valence-electron chi connectivity index (χ4n) is 3.71. The van der Waals surface area contributed by atoms with Crippen LogP contribution < -0.4 is 10.2 Å². The maximum atomic E-state index is 13.7. The Morgan fingerprint density at radius 2 is 1.76 bits per heavy atom. The lowest BCUT2D eigenvalue weighted by molar-refractivity contribution is -0.132. The number of amides is 2. The van der Waals surface area contributed by atoms with Gasteiger partial charge in [0.2, 0.25) is 11.8 Å². The van der Waals surface area contributed by atoms with Crippen molar-refractivity contribution < 1.29 is 14.0 Å². The van der Waals surface area contributed by atoms with Gasteiger partial charge in [0.05, 0.1) is 11.4 Å². The van der Waals surface area contributed by atoms with Crippen LogP contribution in [-0.2, 0) is 9.59 Å². The molecule has 1 aromatic rings. The molecule has 3 rings (SSSR count). The molecule has 2 aliphatic rings. The van der Waals surface area contributed by atoms with Crippen molar-refractivity contribution in [2.75, 3.05) is 36.4 Å². The predicted octanol–water partition coefficient (Wildman–Crippen LogP) is 3.01. The smallest absolute Gasteiger partial charge is 0.227 e. The minimum atomic E-state index is -0.345. The van der Waals surface area contributed by atoms with Crippen LogP contribution in [0.3, 0.4) is 0 Å². The molecule has 2 heterocycles. The lowest BCUT2D eigenvalue weighted by Crippen LogP contribution is -2.40.